The molecule has 5 heteroatoms. The summed E-state index contributed by atoms with van der Waals surface area (Å²) in [6.07, 6.45) is 6.02. The fourth-order valence-corrected chi connectivity index (χ4v) is 2.66. The number of carbonyl (C=O) groups is 1. The Bertz CT molecular complexity index is 439. The lowest BCUT2D eigenvalue weighted by molar-refractivity contribution is -0.137. The van der Waals surface area contributed by atoms with Crippen LogP contribution in [0, 0.1) is 11.7 Å². The highest BCUT2D eigenvalue weighted by Crippen LogP contribution is 2.22. The van der Waals surface area contributed by atoms with E-state index < -0.39 is 5.97 Å². The van der Waals surface area contributed by atoms with Gasteiger partial charge in [-0.25, -0.2) is 4.39 Å². The number of aliphatic carboxylic acids is 1. The zero-order chi connectivity index (χ0) is 13.7. The molecule has 1 N–H and O–H groups in total. The maximum Gasteiger partial charge on any atom is 0.303 e. The standard InChI is InChI=1S/C14H19FN2O2/c15-13-6-12(7-16-8-13)10-17-5-1-2-11(9-17)3-4-14(18)19/h6-8,11H,1-5,9-10H2,(H,18,19). The lowest BCUT2D eigenvalue weighted by Crippen LogP contribution is -2.35. The van der Waals surface area contributed by atoms with Gasteiger partial charge in [0.25, 0.3) is 0 Å². The van der Waals surface area contributed by atoms with Gasteiger partial charge in [-0.3, -0.25) is 14.7 Å². The summed E-state index contributed by atoms with van der Waals surface area (Å²) in [5, 5.41) is 8.71. The highest BCUT2D eigenvalue weighted by molar-refractivity contribution is 5.66. The van der Waals surface area contributed by atoms with Crippen LogP contribution in [0.1, 0.15) is 31.2 Å². The number of likely N-dealkylation sites (tertiary alicyclic amines) is 1. The summed E-state index contributed by atoms with van der Waals surface area (Å²) in [4.78, 5) is 16.7. The summed E-state index contributed by atoms with van der Waals surface area (Å²) in [6, 6.07) is 1.51. The van der Waals surface area contributed by atoms with E-state index in [4.69, 9.17) is 5.11 Å². The van der Waals surface area contributed by atoms with Crippen LogP contribution in [0.2, 0.25) is 0 Å². The molecule has 1 saturated heterocycles. The first-order valence-electron chi connectivity index (χ1n) is 6.67. The zero-order valence-electron chi connectivity index (χ0n) is 10.9. The van der Waals surface area contributed by atoms with Gasteiger partial charge in [0.2, 0.25) is 0 Å². The zero-order valence-corrected chi connectivity index (χ0v) is 10.9. The van der Waals surface area contributed by atoms with Crippen molar-refractivity contribution in [2.75, 3.05) is 13.1 Å². The molecule has 0 amide bonds. The number of hydrogen-bond acceptors (Lipinski definition) is 3. The van der Waals surface area contributed by atoms with Crippen LogP contribution in [-0.2, 0) is 11.3 Å². The van der Waals surface area contributed by atoms with E-state index in [1.54, 1.807) is 6.20 Å². The minimum atomic E-state index is -0.730. The number of halogens is 1. The van der Waals surface area contributed by atoms with E-state index in [1.807, 2.05) is 0 Å². The van der Waals surface area contributed by atoms with Crippen molar-refractivity contribution in [3.05, 3.63) is 29.8 Å². The predicted molar refractivity (Wildman–Crippen MR) is 69.1 cm³/mol. The second-order valence-electron chi connectivity index (χ2n) is 5.19. The number of piperidine rings is 1. The lowest BCUT2D eigenvalue weighted by Gasteiger charge is -2.32. The Morgan fingerprint density at radius 1 is 1.53 bits per heavy atom. The van der Waals surface area contributed by atoms with Crippen molar-refractivity contribution in [2.24, 2.45) is 5.92 Å². The van der Waals surface area contributed by atoms with E-state index in [2.05, 4.69) is 9.88 Å². The number of nitrogens with zero attached hydrogens (tertiary/aromatic N) is 2. The molecular weight excluding hydrogens is 247 g/mol. The van der Waals surface area contributed by atoms with Crippen LogP contribution in [0.4, 0.5) is 4.39 Å². The Hall–Kier alpha value is -1.49. The van der Waals surface area contributed by atoms with Gasteiger partial charge in [0.05, 0.1) is 6.20 Å². The summed E-state index contributed by atoms with van der Waals surface area (Å²) in [7, 11) is 0. The van der Waals surface area contributed by atoms with Crippen LogP contribution in [0.5, 0.6) is 0 Å². The molecular formula is C14H19FN2O2. The van der Waals surface area contributed by atoms with E-state index >= 15 is 0 Å². The van der Waals surface area contributed by atoms with Crippen molar-refractivity contribution in [3.63, 3.8) is 0 Å². The van der Waals surface area contributed by atoms with Gasteiger partial charge in [0, 0.05) is 25.7 Å². The number of hydrogen-bond donors (Lipinski definition) is 1. The van der Waals surface area contributed by atoms with Gasteiger partial charge in [0.15, 0.2) is 0 Å². The maximum absolute atomic E-state index is 13.1. The Morgan fingerprint density at radius 3 is 3.11 bits per heavy atom. The molecule has 1 fully saturated rings. The molecule has 1 aromatic heterocycles. The summed E-state index contributed by atoms with van der Waals surface area (Å²) in [5.74, 6) is -0.602. The van der Waals surface area contributed by atoms with Crippen LogP contribution in [0.15, 0.2) is 18.5 Å². The third-order valence-corrected chi connectivity index (χ3v) is 3.54. The minimum absolute atomic E-state index is 0.236. The van der Waals surface area contributed by atoms with Gasteiger partial charge in [-0.15, -0.1) is 0 Å². The molecule has 2 heterocycles. The summed E-state index contributed by atoms with van der Waals surface area (Å²) in [5.41, 5.74) is 0.874. The smallest absolute Gasteiger partial charge is 0.303 e. The molecule has 0 spiro atoms. The van der Waals surface area contributed by atoms with Gasteiger partial charge >= 0.3 is 5.97 Å². The minimum Gasteiger partial charge on any atom is -0.481 e. The van der Waals surface area contributed by atoms with E-state index in [0.29, 0.717) is 12.5 Å². The third-order valence-electron chi connectivity index (χ3n) is 3.54. The second kappa shape index (κ2) is 6.61. The average Bonchev–Trinajstić information content (AvgIpc) is 2.37. The highest BCUT2D eigenvalue weighted by atomic mass is 19.1. The van der Waals surface area contributed by atoms with E-state index in [0.717, 1.165) is 37.9 Å². The largest absolute Gasteiger partial charge is 0.481 e. The average molecular weight is 266 g/mol. The highest BCUT2D eigenvalue weighted by Gasteiger charge is 2.20. The number of pyridine rings is 1. The van der Waals surface area contributed by atoms with Crippen LogP contribution in [0.3, 0.4) is 0 Å². The molecule has 0 aromatic carbocycles. The lowest BCUT2D eigenvalue weighted by atomic mass is 9.93. The Labute approximate surface area is 112 Å². The Kier molecular flexibility index (Phi) is 4.85. The number of aromatic nitrogens is 1. The Morgan fingerprint density at radius 2 is 2.37 bits per heavy atom. The molecule has 1 atom stereocenters. The fraction of sp³-hybridized carbons (Fsp3) is 0.571. The normalized spacial score (nSPS) is 20.4. The van der Waals surface area contributed by atoms with E-state index in [-0.39, 0.29) is 12.2 Å². The molecule has 2 rings (SSSR count). The van der Waals surface area contributed by atoms with Crippen LogP contribution < -0.4 is 0 Å². The maximum atomic E-state index is 13.1. The van der Waals surface area contributed by atoms with E-state index in [9.17, 15) is 9.18 Å². The predicted octanol–water partition coefficient (Wildman–Crippen LogP) is 2.30. The molecule has 1 unspecified atom stereocenters. The first-order valence-corrected chi connectivity index (χ1v) is 6.67. The fourth-order valence-electron chi connectivity index (χ4n) is 2.66. The molecule has 1 aliphatic heterocycles. The molecule has 19 heavy (non-hydrogen) atoms. The van der Waals surface area contributed by atoms with Crippen molar-refractivity contribution in [3.8, 4) is 0 Å². The molecule has 0 aliphatic carbocycles. The van der Waals surface area contributed by atoms with Crippen molar-refractivity contribution in [1.29, 1.82) is 0 Å². The molecule has 0 radical (unpaired) electrons. The summed E-state index contributed by atoms with van der Waals surface area (Å²) < 4.78 is 13.1. The number of carboxylic acids is 1. The molecule has 4 nitrogen and oxygen atoms in total. The first-order chi connectivity index (χ1) is 9.13. The van der Waals surface area contributed by atoms with Crippen molar-refractivity contribution in [2.45, 2.75) is 32.2 Å². The quantitative estimate of drug-likeness (QED) is 0.888. The Balaban J connectivity index is 1.85. The van der Waals surface area contributed by atoms with Crippen LogP contribution in [0.25, 0.3) is 0 Å². The third kappa shape index (κ3) is 4.59. The van der Waals surface area contributed by atoms with Crippen LogP contribution >= 0.6 is 0 Å². The van der Waals surface area contributed by atoms with Gasteiger partial charge in [-0.05, 0) is 43.4 Å². The first kappa shape index (κ1) is 13.9. The molecule has 0 bridgehead atoms. The van der Waals surface area contributed by atoms with E-state index in [1.165, 1.54) is 12.3 Å². The second-order valence-corrected chi connectivity index (χ2v) is 5.19. The molecule has 0 saturated carbocycles. The molecule has 104 valence electrons. The number of rotatable bonds is 5. The number of carboxylic acid groups (broad SMARTS) is 1. The van der Waals surface area contributed by atoms with Gasteiger partial charge < -0.3 is 5.11 Å². The van der Waals surface area contributed by atoms with Crippen molar-refractivity contribution >= 4 is 5.97 Å². The van der Waals surface area contributed by atoms with Gasteiger partial charge in [0.1, 0.15) is 5.82 Å². The molecule has 1 aromatic rings. The summed E-state index contributed by atoms with van der Waals surface area (Å²) in [6.45, 7) is 2.57. The van der Waals surface area contributed by atoms with Gasteiger partial charge in [-0.2, -0.15) is 0 Å². The monoisotopic (exact) mass is 266 g/mol. The molecule has 1 aliphatic rings. The SMILES string of the molecule is O=C(O)CCC1CCCN(Cc2cncc(F)c2)C1. The topological polar surface area (TPSA) is 53.4 Å². The summed E-state index contributed by atoms with van der Waals surface area (Å²) >= 11 is 0. The van der Waals surface area contributed by atoms with Crippen LogP contribution in [-0.4, -0.2) is 34.0 Å². The van der Waals surface area contributed by atoms with Crippen molar-refractivity contribution < 1.29 is 14.3 Å². The van der Waals surface area contributed by atoms with Crippen molar-refractivity contribution in [1.82, 2.24) is 9.88 Å². The van der Waals surface area contributed by atoms with Gasteiger partial charge in [-0.1, -0.05) is 0 Å².